The summed E-state index contributed by atoms with van der Waals surface area (Å²) >= 11 is 0. The Balaban J connectivity index is 2.27. The van der Waals surface area contributed by atoms with Crippen molar-refractivity contribution < 1.29 is 9.72 Å². The number of aromatic nitrogens is 1. The number of pyridine rings is 1. The molecule has 19 heavy (non-hydrogen) atoms. The molecule has 1 aromatic rings. The molecule has 0 unspecified atom stereocenters. The van der Waals surface area contributed by atoms with Crippen LogP contribution in [0.4, 0.5) is 11.5 Å². The van der Waals surface area contributed by atoms with E-state index in [2.05, 4.69) is 4.98 Å². The predicted molar refractivity (Wildman–Crippen MR) is 71.3 cm³/mol. The summed E-state index contributed by atoms with van der Waals surface area (Å²) in [6, 6.07) is 3.27. The van der Waals surface area contributed by atoms with Crippen LogP contribution in [0.15, 0.2) is 12.1 Å². The molecular formula is C13H17N3O3. The number of hydrogen-bond acceptors (Lipinski definition) is 5. The van der Waals surface area contributed by atoms with E-state index in [0.29, 0.717) is 18.7 Å². The molecule has 1 heterocycles. The van der Waals surface area contributed by atoms with Crippen molar-refractivity contribution in [2.24, 2.45) is 0 Å². The Morgan fingerprint density at radius 2 is 2.00 bits per heavy atom. The third kappa shape index (κ3) is 2.89. The highest BCUT2D eigenvalue weighted by Crippen LogP contribution is 2.30. The van der Waals surface area contributed by atoms with E-state index in [9.17, 15) is 14.9 Å². The first kappa shape index (κ1) is 13.5. The lowest BCUT2D eigenvalue weighted by molar-refractivity contribution is -0.384. The van der Waals surface area contributed by atoms with E-state index in [4.69, 9.17) is 0 Å². The lowest BCUT2D eigenvalue weighted by Gasteiger charge is -2.31. The number of anilines is 1. The standard InChI is InChI=1S/C13H17N3O3/c1-9-3-8-12(16(18)19)13(14-9)15(2)10-4-6-11(17)7-5-10/h3,8,10H,4-7H2,1-2H3. The fourth-order valence-corrected chi connectivity index (χ4v) is 2.42. The number of aryl methyl sites for hydroxylation is 1. The molecule has 0 atom stereocenters. The topological polar surface area (TPSA) is 76.3 Å². The van der Waals surface area contributed by atoms with Gasteiger partial charge in [-0.25, -0.2) is 4.98 Å². The zero-order valence-corrected chi connectivity index (χ0v) is 11.1. The second kappa shape index (κ2) is 5.34. The van der Waals surface area contributed by atoms with Crippen molar-refractivity contribution in [3.63, 3.8) is 0 Å². The molecule has 1 aromatic heterocycles. The average Bonchev–Trinajstić information content (AvgIpc) is 2.38. The minimum atomic E-state index is -0.410. The predicted octanol–water partition coefficient (Wildman–Crippen LogP) is 2.25. The number of carbonyl (C=O) groups excluding carboxylic acids is 1. The molecule has 0 bridgehead atoms. The fourth-order valence-electron chi connectivity index (χ4n) is 2.42. The second-order valence-corrected chi connectivity index (χ2v) is 4.93. The van der Waals surface area contributed by atoms with Gasteiger partial charge in [-0.15, -0.1) is 0 Å². The first-order valence-electron chi connectivity index (χ1n) is 6.35. The van der Waals surface area contributed by atoms with Crippen LogP contribution in [-0.4, -0.2) is 28.8 Å². The van der Waals surface area contributed by atoms with Crippen LogP contribution in [0.5, 0.6) is 0 Å². The van der Waals surface area contributed by atoms with Crippen LogP contribution >= 0.6 is 0 Å². The van der Waals surface area contributed by atoms with E-state index < -0.39 is 4.92 Å². The largest absolute Gasteiger partial charge is 0.351 e. The van der Waals surface area contributed by atoms with Crippen LogP contribution in [0.3, 0.4) is 0 Å². The summed E-state index contributed by atoms with van der Waals surface area (Å²) in [6.45, 7) is 1.81. The normalized spacial score (nSPS) is 16.4. The van der Waals surface area contributed by atoms with E-state index >= 15 is 0 Å². The van der Waals surface area contributed by atoms with Crippen molar-refractivity contribution >= 4 is 17.3 Å². The molecule has 1 aliphatic rings. The van der Waals surface area contributed by atoms with Crippen molar-refractivity contribution in [3.8, 4) is 0 Å². The lowest BCUT2D eigenvalue weighted by Crippen LogP contribution is -2.36. The lowest BCUT2D eigenvalue weighted by atomic mass is 9.93. The highest BCUT2D eigenvalue weighted by atomic mass is 16.6. The molecule has 6 nitrogen and oxygen atoms in total. The maximum atomic E-state index is 11.3. The Morgan fingerprint density at radius 1 is 1.37 bits per heavy atom. The van der Waals surface area contributed by atoms with Gasteiger partial charge in [0.05, 0.1) is 4.92 Å². The minimum absolute atomic E-state index is 0.0185. The molecule has 2 rings (SSSR count). The smallest absolute Gasteiger partial charge is 0.311 e. The van der Waals surface area contributed by atoms with Crippen molar-refractivity contribution in [2.45, 2.75) is 38.6 Å². The van der Waals surface area contributed by atoms with E-state index in [1.807, 2.05) is 18.9 Å². The molecule has 0 radical (unpaired) electrons. The number of carbonyl (C=O) groups is 1. The molecular weight excluding hydrogens is 246 g/mol. The van der Waals surface area contributed by atoms with Crippen LogP contribution in [0, 0.1) is 17.0 Å². The third-order valence-electron chi connectivity index (χ3n) is 3.59. The number of rotatable bonds is 3. The van der Waals surface area contributed by atoms with Crippen LogP contribution in [0.2, 0.25) is 0 Å². The van der Waals surface area contributed by atoms with Gasteiger partial charge in [0.15, 0.2) is 0 Å². The van der Waals surface area contributed by atoms with Gasteiger partial charge < -0.3 is 4.90 Å². The summed E-state index contributed by atoms with van der Waals surface area (Å²) in [5.74, 6) is 0.667. The molecule has 0 N–H and O–H groups in total. The highest BCUT2D eigenvalue weighted by molar-refractivity contribution is 5.79. The molecule has 102 valence electrons. The summed E-state index contributed by atoms with van der Waals surface area (Å²) in [5.41, 5.74) is 0.768. The minimum Gasteiger partial charge on any atom is -0.351 e. The van der Waals surface area contributed by atoms with Gasteiger partial charge in [0.25, 0.3) is 0 Å². The van der Waals surface area contributed by atoms with Crippen LogP contribution in [0.1, 0.15) is 31.4 Å². The molecule has 0 spiro atoms. The highest BCUT2D eigenvalue weighted by Gasteiger charge is 2.27. The zero-order valence-electron chi connectivity index (χ0n) is 11.1. The van der Waals surface area contributed by atoms with Gasteiger partial charge in [-0.1, -0.05) is 0 Å². The summed E-state index contributed by atoms with van der Waals surface area (Å²) in [6.07, 6.45) is 2.58. The molecule has 0 saturated heterocycles. The molecule has 0 aromatic carbocycles. The molecule has 1 saturated carbocycles. The maximum absolute atomic E-state index is 11.3. The SMILES string of the molecule is Cc1ccc([N+](=O)[O-])c(N(C)C2CCC(=O)CC2)n1. The maximum Gasteiger partial charge on any atom is 0.311 e. The van der Waals surface area contributed by atoms with E-state index in [1.54, 1.807) is 6.07 Å². The van der Waals surface area contributed by atoms with Gasteiger partial charge in [0.1, 0.15) is 5.78 Å². The number of hydrogen-bond donors (Lipinski definition) is 0. The molecule has 1 aliphatic carbocycles. The Kier molecular flexibility index (Phi) is 3.78. The van der Waals surface area contributed by atoms with E-state index in [0.717, 1.165) is 18.5 Å². The fraction of sp³-hybridized carbons (Fsp3) is 0.538. The van der Waals surface area contributed by atoms with Crippen LogP contribution < -0.4 is 4.90 Å². The number of ketones is 1. The number of nitrogens with zero attached hydrogens (tertiary/aromatic N) is 3. The van der Waals surface area contributed by atoms with Crippen LogP contribution in [-0.2, 0) is 4.79 Å². The Hall–Kier alpha value is -1.98. The van der Waals surface area contributed by atoms with E-state index in [-0.39, 0.29) is 17.5 Å². The summed E-state index contributed by atoms with van der Waals surface area (Å²) in [7, 11) is 1.81. The van der Waals surface area contributed by atoms with Gasteiger partial charge in [0, 0.05) is 37.7 Å². The first-order valence-corrected chi connectivity index (χ1v) is 6.35. The monoisotopic (exact) mass is 263 g/mol. The Bertz CT molecular complexity index is 506. The Morgan fingerprint density at radius 3 is 2.58 bits per heavy atom. The molecule has 0 amide bonds. The third-order valence-corrected chi connectivity index (χ3v) is 3.59. The summed E-state index contributed by atoms with van der Waals surface area (Å²) < 4.78 is 0. The quantitative estimate of drug-likeness (QED) is 0.617. The summed E-state index contributed by atoms with van der Waals surface area (Å²) in [5, 5.41) is 11.1. The zero-order chi connectivity index (χ0) is 14.0. The van der Waals surface area contributed by atoms with Gasteiger partial charge in [-0.05, 0) is 25.8 Å². The first-order chi connectivity index (χ1) is 8.99. The van der Waals surface area contributed by atoms with Crippen molar-refractivity contribution in [3.05, 3.63) is 27.9 Å². The number of nitro groups is 1. The molecule has 6 heteroatoms. The van der Waals surface area contributed by atoms with E-state index in [1.165, 1.54) is 6.07 Å². The second-order valence-electron chi connectivity index (χ2n) is 4.93. The molecule has 1 fully saturated rings. The van der Waals surface area contributed by atoms with Crippen molar-refractivity contribution in [1.29, 1.82) is 0 Å². The van der Waals surface area contributed by atoms with Crippen LogP contribution in [0.25, 0.3) is 0 Å². The number of Topliss-reactive ketones (excluding diaryl/α,β-unsaturated/α-hetero) is 1. The summed E-state index contributed by atoms with van der Waals surface area (Å²) in [4.78, 5) is 28.0. The Labute approximate surface area is 111 Å². The molecule has 0 aliphatic heterocycles. The van der Waals surface area contributed by atoms with Gasteiger partial charge in [-0.3, -0.25) is 14.9 Å². The van der Waals surface area contributed by atoms with Crippen molar-refractivity contribution in [1.82, 2.24) is 4.98 Å². The average molecular weight is 263 g/mol. The van der Waals surface area contributed by atoms with Gasteiger partial charge in [0.2, 0.25) is 5.82 Å². The van der Waals surface area contributed by atoms with Gasteiger partial charge in [-0.2, -0.15) is 0 Å². The van der Waals surface area contributed by atoms with Gasteiger partial charge >= 0.3 is 5.69 Å². The van der Waals surface area contributed by atoms with Crippen molar-refractivity contribution in [2.75, 3.05) is 11.9 Å².